The van der Waals surface area contributed by atoms with Gasteiger partial charge in [-0.1, -0.05) is 18.2 Å². The van der Waals surface area contributed by atoms with Crippen LogP contribution in [0.3, 0.4) is 0 Å². The molecular formula is C11H14FNO2S. The quantitative estimate of drug-likeness (QED) is 0.737. The van der Waals surface area contributed by atoms with E-state index in [0.29, 0.717) is 11.3 Å². The van der Waals surface area contributed by atoms with Crippen molar-refractivity contribution < 1.29 is 14.3 Å². The maximum atomic E-state index is 13.2. The molecule has 1 aromatic carbocycles. The molecule has 0 radical (unpaired) electrons. The van der Waals surface area contributed by atoms with Crippen LogP contribution in [0.15, 0.2) is 24.3 Å². The van der Waals surface area contributed by atoms with Crippen LogP contribution in [0.5, 0.6) is 0 Å². The van der Waals surface area contributed by atoms with Crippen LogP contribution in [0, 0.1) is 5.82 Å². The molecule has 16 heavy (non-hydrogen) atoms. The third-order valence-corrected chi connectivity index (χ3v) is 2.84. The summed E-state index contributed by atoms with van der Waals surface area (Å²) in [6.07, 6.45) is 0. The van der Waals surface area contributed by atoms with E-state index in [9.17, 15) is 9.18 Å². The highest BCUT2D eigenvalue weighted by Gasteiger charge is 2.04. The smallest absolute Gasteiger partial charge is 0.230 e. The van der Waals surface area contributed by atoms with Gasteiger partial charge in [-0.25, -0.2) is 4.39 Å². The van der Waals surface area contributed by atoms with Gasteiger partial charge in [0.2, 0.25) is 5.91 Å². The van der Waals surface area contributed by atoms with E-state index < -0.39 is 0 Å². The first-order chi connectivity index (χ1) is 7.74. The lowest BCUT2D eigenvalue weighted by atomic mass is 10.2. The van der Waals surface area contributed by atoms with Crippen LogP contribution < -0.4 is 5.32 Å². The van der Waals surface area contributed by atoms with Gasteiger partial charge in [-0.3, -0.25) is 4.79 Å². The standard InChI is InChI=1S/C11H14FNO2S/c12-10-4-2-1-3-9(10)7-13-11(15)8-16-6-5-14/h1-4,14H,5-8H2,(H,13,15). The molecule has 1 amide bonds. The summed E-state index contributed by atoms with van der Waals surface area (Å²) >= 11 is 1.34. The van der Waals surface area contributed by atoms with Gasteiger partial charge in [0, 0.05) is 17.9 Å². The van der Waals surface area contributed by atoms with Crippen LogP contribution in [0.2, 0.25) is 0 Å². The van der Waals surface area contributed by atoms with E-state index in [1.54, 1.807) is 18.2 Å². The predicted molar refractivity (Wildman–Crippen MR) is 62.7 cm³/mol. The summed E-state index contributed by atoms with van der Waals surface area (Å²) in [6.45, 7) is 0.260. The number of nitrogens with one attached hydrogen (secondary N) is 1. The molecular weight excluding hydrogens is 229 g/mol. The van der Waals surface area contributed by atoms with Crippen LogP contribution in [0.4, 0.5) is 4.39 Å². The van der Waals surface area contributed by atoms with Gasteiger partial charge in [-0.15, -0.1) is 11.8 Å². The van der Waals surface area contributed by atoms with Crippen molar-refractivity contribution >= 4 is 17.7 Å². The van der Waals surface area contributed by atoms with Crippen molar-refractivity contribution in [1.29, 1.82) is 0 Å². The molecule has 88 valence electrons. The monoisotopic (exact) mass is 243 g/mol. The van der Waals surface area contributed by atoms with Gasteiger partial charge in [0.25, 0.3) is 0 Å². The largest absolute Gasteiger partial charge is 0.396 e. The summed E-state index contributed by atoms with van der Waals surface area (Å²) in [7, 11) is 0. The summed E-state index contributed by atoms with van der Waals surface area (Å²) < 4.78 is 13.2. The number of aliphatic hydroxyl groups excluding tert-OH is 1. The van der Waals surface area contributed by atoms with Crippen molar-refractivity contribution in [2.45, 2.75) is 6.54 Å². The molecule has 1 rings (SSSR count). The number of aliphatic hydroxyl groups is 1. The fourth-order valence-corrected chi connectivity index (χ4v) is 1.68. The highest BCUT2D eigenvalue weighted by molar-refractivity contribution is 7.99. The van der Waals surface area contributed by atoms with Crippen LogP contribution in [-0.2, 0) is 11.3 Å². The Morgan fingerprint density at radius 2 is 2.19 bits per heavy atom. The molecule has 0 bridgehead atoms. The Kier molecular flexibility index (Phi) is 5.88. The average Bonchev–Trinajstić information content (AvgIpc) is 2.28. The van der Waals surface area contributed by atoms with E-state index in [1.807, 2.05) is 0 Å². The van der Waals surface area contributed by atoms with E-state index in [0.717, 1.165) is 0 Å². The van der Waals surface area contributed by atoms with Crippen LogP contribution in [-0.4, -0.2) is 29.1 Å². The van der Waals surface area contributed by atoms with E-state index in [-0.39, 0.29) is 30.6 Å². The number of carbonyl (C=O) groups is 1. The van der Waals surface area contributed by atoms with Crippen molar-refractivity contribution in [2.75, 3.05) is 18.1 Å². The molecule has 0 atom stereocenters. The Hall–Kier alpha value is -1.07. The number of rotatable bonds is 6. The topological polar surface area (TPSA) is 49.3 Å². The van der Waals surface area contributed by atoms with Gasteiger partial charge in [-0.05, 0) is 6.07 Å². The number of hydrogen-bond donors (Lipinski definition) is 2. The van der Waals surface area contributed by atoms with Gasteiger partial charge in [0.15, 0.2) is 0 Å². The molecule has 0 heterocycles. The molecule has 0 unspecified atom stereocenters. The molecule has 1 aromatic rings. The van der Waals surface area contributed by atoms with E-state index >= 15 is 0 Å². The number of carbonyl (C=O) groups excluding carboxylic acids is 1. The van der Waals surface area contributed by atoms with Crippen LogP contribution >= 0.6 is 11.8 Å². The lowest BCUT2D eigenvalue weighted by Gasteiger charge is -2.05. The second-order valence-corrected chi connectivity index (χ2v) is 4.25. The predicted octanol–water partition coefficient (Wildman–Crippen LogP) is 1.17. The Labute approximate surface area is 98.1 Å². The first kappa shape index (κ1) is 13.0. The molecule has 5 heteroatoms. The number of amides is 1. The first-order valence-electron chi connectivity index (χ1n) is 4.92. The van der Waals surface area contributed by atoms with Crippen molar-refractivity contribution in [3.8, 4) is 0 Å². The third kappa shape index (κ3) is 4.63. The molecule has 0 aliphatic rings. The SMILES string of the molecule is O=C(CSCCO)NCc1ccccc1F. The summed E-state index contributed by atoms with van der Waals surface area (Å²) in [5.41, 5.74) is 0.475. The van der Waals surface area contributed by atoms with Crippen molar-refractivity contribution in [1.82, 2.24) is 5.32 Å². The van der Waals surface area contributed by atoms with E-state index in [1.165, 1.54) is 17.8 Å². The van der Waals surface area contributed by atoms with E-state index in [4.69, 9.17) is 5.11 Å². The van der Waals surface area contributed by atoms with Crippen molar-refractivity contribution in [2.24, 2.45) is 0 Å². The summed E-state index contributed by atoms with van der Waals surface area (Å²) in [6, 6.07) is 6.33. The lowest BCUT2D eigenvalue weighted by molar-refractivity contribution is -0.118. The molecule has 0 saturated carbocycles. The first-order valence-corrected chi connectivity index (χ1v) is 6.08. The second-order valence-electron chi connectivity index (χ2n) is 3.14. The highest BCUT2D eigenvalue weighted by atomic mass is 32.2. The van der Waals surface area contributed by atoms with Crippen LogP contribution in [0.25, 0.3) is 0 Å². The zero-order chi connectivity index (χ0) is 11.8. The molecule has 3 nitrogen and oxygen atoms in total. The summed E-state index contributed by atoms with van der Waals surface area (Å²) in [4.78, 5) is 11.3. The fraction of sp³-hybridized carbons (Fsp3) is 0.364. The molecule has 0 aliphatic carbocycles. The van der Waals surface area contributed by atoms with Gasteiger partial charge in [0.05, 0.1) is 12.4 Å². The molecule has 0 spiro atoms. The number of hydrogen-bond acceptors (Lipinski definition) is 3. The third-order valence-electron chi connectivity index (χ3n) is 1.90. The van der Waals surface area contributed by atoms with Gasteiger partial charge in [0.1, 0.15) is 5.82 Å². The minimum Gasteiger partial charge on any atom is -0.396 e. The Morgan fingerprint density at radius 1 is 1.44 bits per heavy atom. The van der Waals surface area contributed by atoms with Crippen LogP contribution in [0.1, 0.15) is 5.56 Å². The molecule has 0 aliphatic heterocycles. The second kappa shape index (κ2) is 7.24. The van der Waals surface area contributed by atoms with Gasteiger partial charge in [-0.2, -0.15) is 0 Å². The Morgan fingerprint density at radius 3 is 2.88 bits per heavy atom. The fourth-order valence-electron chi connectivity index (χ4n) is 1.12. The maximum Gasteiger partial charge on any atom is 0.230 e. The Bertz CT molecular complexity index is 347. The number of thioether (sulfide) groups is 1. The normalized spacial score (nSPS) is 10.1. The summed E-state index contributed by atoms with van der Waals surface area (Å²) in [5.74, 6) is 0.356. The molecule has 2 N–H and O–H groups in total. The van der Waals surface area contributed by atoms with E-state index in [2.05, 4.69) is 5.32 Å². The van der Waals surface area contributed by atoms with Gasteiger partial charge < -0.3 is 10.4 Å². The zero-order valence-corrected chi connectivity index (χ0v) is 9.60. The molecule has 0 aromatic heterocycles. The minimum absolute atomic E-state index is 0.0608. The molecule has 0 saturated heterocycles. The number of benzene rings is 1. The summed E-state index contributed by atoms with van der Waals surface area (Å²) in [5, 5.41) is 11.1. The number of halogens is 1. The highest BCUT2D eigenvalue weighted by Crippen LogP contribution is 2.05. The maximum absolute atomic E-state index is 13.2. The zero-order valence-electron chi connectivity index (χ0n) is 8.78. The average molecular weight is 243 g/mol. The lowest BCUT2D eigenvalue weighted by Crippen LogP contribution is -2.25. The Balaban J connectivity index is 2.29. The van der Waals surface area contributed by atoms with Crippen molar-refractivity contribution in [3.63, 3.8) is 0 Å². The van der Waals surface area contributed by atoms with Crippen molar-refractivity contribution in [3.05, 3.63) is 35.6 Å². The minimum atomic E-state index is -0.314. The molecule has 0 fully saturated rings. The van der Waals surface area contributed by atoms with Gasteiger partial charge >= 0.3 is 0 Å².